The Bertz CT molecular complexity index is 601. The number of amides is 1. The van der Waals surface area contributed by atoms with Crippen molar-refractivity contribution in [2.24, 2.45) is 5.92 Å². The average Bonchev–Trinajstić information content (AvgIpc) is 2.66. The highest BCUT2D eigenvalue weighted by atomic mass is 35.5. The van der Waals surface area contributed by atoms with Crippen molar-refractivity contribution < 1.29 is 9.21 Å². The van der Waals surface area contributed by atoms with Crippen LogP contribution < -0.4 is 5.32 Å². The molecule has 0 unspecified atom stereocenters. The van der Waals surface area contributed by atoms with Gasteiger partial charge in [0.25, 0.3) is 5.91 Å². The number of aryl methyl sites for hydroxylation is 1. The van der Waals surface area contributed by atoms with Gasteiger partial charge in [-0.3, -0.25) is 4.79 Å². The molecular weight excluding hydrogens is 262 g/mol. The summed E-state index contributed by atoms with van der Waals surface area (Å²) in [4.78, 5) is 12.1. The molecule has 3 nitrogen and oxygen atoms in total. The van der Waals surface area contributed by atoms with Gasteiger partial charge in [0, 0.05) is 22.5 Å². The van der Waals surface area contributed by atoms with E-state index in [1.54, 1.807) is 12.1 Å². The molecule has 1 N–H and O–H groups in total. The summed E-state index contributed by atoms with van der Waals surface area (Å²) in [6.45, 7) is 6.79. The van der Waals surface area contributed by atoms with Crippen LogP contribution in [0.25, 0.3) is 11.0 Å². The van der Waals surface area contributed by atoms with Crippen LogP contribution in [0.2, 0.25) is 5.02 Å². The molecule has 1 amide bonds. The van der Waals surface area contributed by atoms with Crippen LogP contribution in [0.15, 0.2) is 22.6 Å². The fraction of sp³-hybridized carbons (Fsp3) is 0.400. The van der Waals surface area contributed by atoms with Gasteiger partial charge in [0.15, 0.2) is 5.76 Å². The molecule has 4 heteroatoms. The first-order valence-corrected chi connectivity index (χ1v) is 6.83. The SMILES string of the molecule is Cc1c(C(=O)NCCC(C)C)oc2ccc(Cl)cc12. The molecular formula is C15H18ClNO2. The lowest BCUT2D eigenvalue weighted by Crippen LogP contribution is -2.25. The second-order valence-electron chi connectivity index (χ2n) is 5.14. The molecule has 1 aromatic heterocycles. The minimum atomic E-state index is -0.162. The summed E-state index contributed by atoms with van der Waals surface area (Å²) in [5.41, 5.74) is 1.52. The fourth-order valence-electron chi connectivity index (χ4n) is 1.96. The quantitative estimate of drug-likeness (QED) is 0.913. The molecule has 0 aliphatic carbocycles. The number of hydrogen-bond donors (Lipinski definition) is 1. The maximum absolute atomic E-state index is 12.1. The summed E-state index contributed by atoms with van der Waals surface area (Å²) < 4.78 is 5.60. The Balaban J connectivity index is 2.20. The molecule has 19 heavy (non-hydrogen) atoms. The van der Waals surface area contributed by atoms with E-state index in [2.05, 4.69) is 19.2 Å². The molecule has 1 aromatic carbocycles. The van der Waals surface area contributed by atoms with Gasteiger partial charge in [0.1, 0.15) is 5.58 Å². The van der Waals surface area contributed by atoms with E-state index in [1.165, 1.54) is 0 Å². The van der Waals surface area contributed by atoms with Crippen LogP contribution in [0.5, 0.6) is 0 Å². The number of halogens is 1. The topological polar surface area (TPSA) is 42.2 Å². The van der Waals surface area contributed by atoms with Crippen molar-refractivity contribution in [2.45, 2.75) is 27.2 Å². The minimum Gasteiger partial charge on any atom is -0.451 e. The van der Waals surface area contributed by atoms with Crippen molar-refractivity contribution in [3.8, 4) is 0 Å². The highest BCUT2D eigenvalue weighted by Gasteiger charge is 2.17. The van der Waals surface area contributed by atoms with Crippen LogP contribution in [0.3, 0.4) is 0 Å². The van der Waals surface area contributed by atoms with Crippen LogP contribution >= 0.6 is 11.6 Å². The Morgan fingerprint density at radius 2 is 2.16 bits per heavy atom. The second-order valence-corrected chi connectivity index (χ2v) is 5.57. The van der Waals surface area contributed by atoms with Crippen molar-refractivity contribution in [1.29, 1.82) is 0 Å². The molecule has 0 saturated heterocycles. The van der Waals surface area contributed by atoms with E-state index in [4.69, 9.17) is 16.0 Å². The van der Waals surface area contributed by atoms with Gasteiger partial charge >= 0.3 is 0 Å². The Labute approximate surface area is 117 Å². The number of furan rings is 1. The minimum absolute atomic E-state index is 0.162. The molecule has 1 heterocycles. The summed E-state index contributed by atoms with van der Waals surface area (Å²) in [6.07, 6.45) is 0.955. The largest absolute Gasteiger partial charge is 0.451 e. The lowest BCUT2D eigenvalue weighted by molar-refractivity contribution is 0.0925. The number of hydrogen-bond acceptors (Lipinski definition) is 2. The summed E-state index contributed by atoms with van der Waals surface area (Å²) in [6, 6.07) is 5.36. The molecule has 0 saturated carbocycles. The van der Waals surface area contributed by atoms with Gasteiger partial charge in [-0.1, -0.05) is 25.4 Å². The number of carbonyl (C=O) groups is 1. The van der Waals surface area contributed by atoms with Crippen molar-refractivity contribution in [3.05, 3.63) is 34.5 Å². The number of fused-ring (bicyclic) bond motifs is 1. The first-order chi connectivity index (χ1) is 8.99. The highest BCUT2D eigenvalue weighted by Crippen LogP contribution is 2.27. The smallest absolute Gasteiger partial charge is 0.287 e. The standard InChI is InChI=1S/C15H18ClNO2/c1-9(2)6-7-17-15(18)14-10(3)12-8-11(16)4-5-13(12)19-14/h4-5,8-9H,6-7H2,1-3H3,(H,17,18). The van der Waals surface area contributed by atoms with Crippen LogP contribution in [0, 0.1) is 12.8 Å². The van der Waals surface area contributed by atoms with Crippen LogP contribution in [-0.2, 0) is 0 Å². The molecule has 102 valence electrons. The average molecular weight is 280 g/mol. The summed E-state index contributed by atoms with van der Waals surface area (Å²) in [5, 5.41) is 4.41. The lowest BCUT2D eigenvalue weighted by Gasteiger charge is -2.05. The van der Waals surface area contributed by atoms with Gasteiger partial charge in [-0.2, -0.15) is 0 Å². The van der Waals surface area contributed by atoms with Crippen LogP contribution in [-0.4, -0.2) is 12.5 Å². The van der Waals surface area contributed by atoms with Crippen molar-refractivity contribution >= 4 is 28.5 Å². The predicted molar refractivity (Wildman–Crippen MR) is 77.7 cm³/mol. The Hall–Kier alpha value is -1.48. The molecule has 0 atom stereocenters. The fourth-order valence-corrected chi connectivity index (χ4v) is 2.14. The Kier molecular flexibility index (Phi) is 4.15. The highest BCUT2D eigenvalue weighted by molar-refractivity contribution is 6.31. The van der Waals surface area contributed by atoms with E-state index in [-0.39, 0.29) is 5.91 Å². The second kappa shape index (κ2) is 5.66. The van der Waals surface area contributed by atoms with Gasteiger partial charge in [0.2, 0.25) is 0 Å². The molecule has 0 aliphatic rings. The van der Waals surface area contributed by atoms with Gasteiger partial charge in [-0.15, -0.1) is 0 Å². The molecule has 0 aliphatic heterocycles. The van der Waals surface area contributed by atoms with Crippen molar-refractivity contribution in [1.82, 2.24) is 5.32 Å². The number of rotatable bonds is 4. The van der Waals surface area contributed by atoms with Crippen molar-refractivity contribution in [2.75, 3.05) is 6.54 Å². The van der Waals surface area contributed by atoms with Gasteiger partial charge in [0.05, 0.1) is 0 Å². The Morgan fingerprint density at radius 3 is 2.84 bits per heavy atom. The normalized spacial score (nSPS) is 11.2. The summed E-state index contributed by atoms with van der Waals surface area (Å²) in [5.74, 6) is 0.780. The molecule has 0 spiro atoms. The van der Waals surface area contributed by atoms with Gasteiger partial charge in [-0.05, 0) is 37.5 Å². The third-order valence-electron chi connectivity index (χ3n) is 3.11. The molecule has 0 fully saturated rings. The van der Waals surface area contributed by atoms with E-state index in [1.807, 2.05) is 13.0 Å². The van der Waals surface area contributed by atoms with E-state index in [0.717, 1.165) is 17.4 Å². The van der Waals surface area contributed by atoms with Gasteiger partial charge < -0.3 is 9.73 Å². The monoisotopic (exact) mass is 279 g/mol. The molecule has 0 bridgehead atoms. The van der Waals surface area contributed by atoms with E-state index >= 15 is 0 Å². The molecule has 0 radical (unpaired) electrons. The summed E-state index contributed by atoms with van der Waals surface area (Å²) >= 11 is 5.96. The predicted octanol–water partition coefficient (Wildman–Crippen LogP) is 4.17. The number of carbonyl (C=O) groups excluding carboxylic acids is 1. The van der Waals surface area contributed by atoms with E-state index < -0.39 is 0 Å². The molecule has 2 rings (SSSR count). The van der Waals surface area contributed by atoms with Crippen molar-refractivity contribution in [3.63, 3.8) is 0 Å². The zero-order valence-corrected chi connectivity index (χ0v) is 12.2. The van der Waals surface area contributed by atoms with E-state index in [0.29, 0.717) is 28.8 Å². The van der Waals surface area contributed by atoms with E-state index in [9.17, 15) is 4.79 Å². The number of benzene rings is 1. The molecule has 2 aromatic rings. The lowest BCUT2D eigenvalue weighted by atomic mass is 10.1. The zero-order chi connectivity index (χ0) is 14.0. The van der Waals surface area contributed by atoms with Gasteiger partial charge in [-0.25, -0.2) is 0 Å². The maximum Gasteiger partial charge on any atom is 0.287 e. The Morgan fingerprint density at radius 1 is 1.42 bits per heavy atom. The zero-order valence-electron chi connectivity index (χ0n) is 11.4. The summed E-state index contributed by atoms with van der Waals surface area (Å²) in [7, 11) is 0. The maximum atomic E-state index is 12.1. The third kappa shape index (κ3) is 3.10. The first kappa shape index (κ1) is 13.9. The van der Waals surface area contributed by atoms with Crippen LogP contribution in [0.1, 0.15) is 36.4 Å². The van der Waals surface area contributed by atoms with Crippen LogP contribution in [0.4, 0.5) is 0 Å². The first-order valence-electron chi connectivity index (χ1n) is 6.46. The number of nitrogens with one attached hydrogen (secondary N) is 1. The third-order valence-corrected chi connectivity index (χ3v) is 3.35.